The third-order valence-corrected chi connectivity index (χ3v) is 8.28. The third kappa shape index (κ3) is 7.23. The maximum Gasteiger partial charge on any atom is 0.323 e. The fourth-order valence-electron chi connectivity index (χ4n) is 5.56. The van der Waals surface area contributed by atoms with Crippen molar-refractivity contribution in [3.05, 3.63) is 77.7 Å². The first kappa shape index (κ1) is 32.3. The van der Waals surface area contributed by atoms with Crippen LogP contribution in [-0.4, -0.2) is 76.9 Å². The quantitative estimate of drug-likeness (QED) is 0.214. The topological polar surface area (TPSA) is 149 Å². The molecule has 3 atom stereocenters. The summed E-state index contributed by atoms with van der Waals surface area (Å²) in [6.45, 7) is 7.53. The molecule has 0 aliphatic carbocycles. The molecule has 0 spiro atoms. The zero-order valence-corrected chi connectivity index (χ0v) is 26.7. The molecule has 3 aromatic carbocycles. The van der Waals surface area contributed by atoms with Crippen molar-refractivity contribution < 1.29 is 28.8 Å². The number of amides is 5. The molecular formula is C34H40N6O6. The number of benzene rings is 3. The summed E-state index contributed by atoms with van der Waals surface area (Å²) in [5.41, 5.74) is 2.82. The molecule has 242 valence electrons. The van der Waals surface area contributed by atoms with E-state index in [0.717, 1.165) is 10.8 Å². The summed E-state index contributed by atoms with van der Waals surface area (Å²) in [5, 5.41) is 24.4. The normalized spacial score (nSPS) is 17.2. The average Bonchev–Trinajstić information content (AvgIpc) is 3.37. The standard InChI is InChI=1S/C34H40N6O6/c1-20-17-40(21(2)19-41)31(42)16-25-15-26(35-33(43)36-28-12-8-10-24-9-6-7-11-27(24)28)13-14-29(25)45-30(20)18-39(5)34(44)37-32-22(3)38-46-23(32)4/h6-15,20-21,30,41H,16-19H2,1-5H3,(H,37,44)(H2,35,36,43)/t20-,21-,30+/m1/s1. The van der Waals surface area contributed by atoms with Gasteiger partial charge >= 0.3 is 12.1 Å². The van der Waals surface area contributed by atoms with Crippen molar-refractivity contribution in [2.75, 3.05) is 42.7 Å². The summed E-state index contributed by atoms with van der Waals surface area (Å²) in [6.07, 6.45) is -0.506. The summed E-state index contributed by atoms with van der Waals surface area (Å²) in [7, 11) is 1.66. The molecule has 1 aliphatic rings. The van der Waals surface area contributed by atoms with Gasteiger partial charge in [-0.05, 0) is 50.4 Å². The summed E-state index contributed by atoms with van der Waals surface area (Å²) >= 11 is 0. The first-order valence-corrected chi connectivity index (χ1v) is 15.2. The van der Waals surface area contributed by atoms with Crippen molar-refractivity contribution in [1.82, 2.24) is 15.0 Å². The molecule has 1 aromatic heterocycles. The van der Waals surface area contributed by atoms with Crippen LogP contribution in [0.15, 0.2) is 65.2 Å². The number of likely N-dealkylation sites (N-methyl/N-ethyl adjacent to an activating group) is 1. The van der Waals surface area contributed by atoms with E-state index in [9.17, 15) is 19.5 Å². The number of carbonyl (C=O) groups excluding carboxylic acids is 3. The predicted molar refractivity (Wildman–Crippen MR) is 176 cm³/mol. The van der Waals surface area contributed by atoms with Crippen LogP contribution in [0.1, 0.15) is 30.9 Å². The highest BCUT2D eigenvalue weighted by atomic mass is 16.5. The Labute approximate surface area is 267 Å². The van der Waals surface area contributed by atoms with Gasteiger partial charge in [-0.3, -0.25) is 4.79 Å². The summed E-state index contributed by atoms with van der Waals surface area (Å²) in [6, 6.07) is 17.4. The summed E-state index contributed by atoms with van der Waals surface area (Å²) in [4.78, 5) is 42.9. The lowest BCUT2D eigenvalue weighted by atomic mass is 10.0. The van der Waals surface area contributed by atoms with E-state index in [4.69, 9.17) is 9.26 Å². The number of hydrogen-bond acceptors (Lipinski definition) is 7. The lowest BCUT2D eigenvalue weighted by Gasteiger charge is -2.34. The number of fused-ring (bicyclic) bond motifs is 2. The van der Waals surface area contributed by atoms with Gasteiger partial charge in [-0.2, -0.15) is 0 Å². The van der Waals surface area contributed by atoms with Crippen molar-refractivity contribution in [3.63, 3.8) is 0 Å². The van der Waals surface area contributed by atoms with Crippen LogP contribution in [0.3, 0.4) is 0 Å². The van der Waals surface area contributed by atoms with E-state index in [-0.39, 0.29) is 37.4 Å². The Bertz CT molecular complexity index is 1710. The van der Waals surface area contributed by atoms with E-state index in [0.29, 0.717) is 46.4 Å². The molecule has 0 saturated carbocycles. The van der Waals surface area contributed by atoms with Crippen molar-refractivity contribution in [2.45, 2.75) is 46.3 Å². The minimum atomic E-state index is -0.507. The number of nitrogens with zero attached hydrogens (tertiary/aromatic N) is 3. The van der Waals surface area contributed by atoms with Gasteiger partial charge in [0.05, 0.1) is 31.3 Å². The Morgan fingerprint density at radius 1 is 1.09 bits per heavy atom. The number of aryl methyl sites for hydroxylation is 2. The number of aliphatic hydroxyl groups is 1. The Morgan fingerprint density at radius 2 is 1.85 bits per heavy atom. The highest BCUT2D eigenvalue weighted by Gasteiger charge is 2.32. The van der Waals surface area contributed by atoms with Crippen LogP contribution in [-0.2, 0) is 11.2 Å². The fourth-order valence-corrected chi connectivity index (χ4v) is 5.56. The van der Waals surface area contributed by atoms with E-state index in [1.54, 1.807) is 50.9 Å². The summed E-state index contributed by atoms with van der Waals surface area (Å²) in [5.74, 6) is 0.592. The number of anilines is 3. The number of aromatic nitrogens is 1. The highest BCUT2D eigenvalue weighted by molar-refractivity contribution is 6.06. The first-order chi connectivity index (χ1) is 22.0. The fraction of sp³-hybridized carbons (Fsp3) is 0.353. The molecule has 5 amide bonds. The van der Waals surface area contributed by atoms with Crippen LogP contribution < -0.4 is 20.7 Å². The van der Waals surface area contributed by atoms with Gasteiger partial charge < -0.3 is 40.1 Å². The zero-order valence-electron chi connectivity index (χ0n) is 26.7. The maximum absolute atomic E-state index is 13.6. The van der Waals surface area contributed by atoms with Crippen molar-refractivity contribution in [2.24, 2.45) is 5.92 Å². The van der Waals surface area contributed by atoms with Crippen LogP contribution in [0, 0.1) is 19.8 Å². The minimum Gasteiger partial charge on any atom is -0.488 e. The van der Waals surface area contributed by atoms with E-state index < -0.39 is 18.2 Å². The molecule has 46 heavy (non-hydrogen) atoms. The molecule has 4 N–H and O–H groups in total. The second-order valence-corrected chi connectivity index (χ2v) is 11.8. The second-order valence-electron chi connectivity index (χ2n) is 11.8. The number of urea groups is 2. The van der Waals surface area contributed by atoms with Gasteiger partial charge in [0.2, 0.25) is 5.91 Å². The maximum atomic E-state index is 13.6. The van der Waals surface area contributed by atoms with Gasteiger partial charge in [0.1, 0.15) is 23.2 Å². The largest absolute Gasteiger partial charge is 0.488 e. The summed E-state index contributed by atoms with van der Waals surface area (Å²) < 4.78 is 11.7. The number of ether oxygens (including phenoxy) is 1. The molecule has 5 rings (SSSR count). The second kappa shape index (κ2) is 13.9. The monoisotopic (exact) mass is 628 g/mol. The van der Waals surface area contributed by atoms with E-state index >= 15 is 0 Å². The molecule has 0 bridgehead atoms. The lowest BCUT2D eigenvalue weighted by molar-refractivity contribution is -0.134. The zero-order chi connectivity index (χ0) is 33.0. The molecule has 0 fully saturated rings. The number of rotatable bonds is 7. The van der Waals surface area contributed by atoms with Crippen LogP contribution in [0.25, 0.3) is 10.8 Å². The molecule has 4 aromatic rings. The molecule has 2 heterocycles. The number of nitrogens with one attached hydrogen (secondary N) is 3. The van der Waals surface area contributed by atoms with Gasteiger partial charge in [-0.25, -0.2) is 9.59 Å². The molecule has 12 nitrogen and oxygen atoms in total. The van der Waals surface area contributed by atoms with Gasteiger partial charge in [0, 0.05) is 36.1 Å². The average molecular weight is 629 g/mol. The molecule has 1 aliphatic heterocycles. The van der Waals surface area contributed by atoms with Crippen molar-refractivity contribution in [1.29, 1.82) is 0 Å². The van der Waals surface area contributed by atoms with Crippen molar-refractivity contribution in [3.8, 4) is 5.75 Å². The Hall–Kier alpha value is -5.10. The van der Waals surface area contributed by atoms with E-state index in [2.05, 4.69) is 21.1 Å². The molecule has 0 radical (unpaired) electrons. The van der Waals surface area contributed by atoms with Crippen LogP contribution in [0.4, 0.5) is 26.7 Å². The molecular weight excluding hydrogens is 588 g/mol. The van der Waals surface area contributed by atoms with Gasteiger partial charge in [-0.15, -0.1) is 0 Å². The lowest BCUT2D eigenvalue weighted by Crippen LogP contribution is -2.48. The third-order valence-electron chi connectivity index (χ3n) is 8.28. The van der Waals surface area contributed by atoms with Crippen LogP contribution in [0.2, 0.25) is 0 Å². The Balaban J connectivity index is 1.37. The predicted octanol–water partition coefficient (Wildman–Crippen LogP) is 5.40. The minimum absolute atomic E-state index is 0.00193. The van der Waals surface area contributed by atoms with Crippen LogP contribution >= 0.6 is 0 Å². The van der Waals surface area contributed by atoms with E-state index in [1.807, 2.05) is 49.4 Å². The number of carbonyl (C=O) groups is 3. The molecule has 0 unspecified atom stereocenters. The Morgan fingerprint density at radius 3 is 2.59 bits per heavy atom. The van der Waals surface area contributed by atoms with Crippen molar-refractivity contribution >= 4 is 45.8 Å². The Kier molecular flexibility index (Phi) is 9.76. The first-order valence-electron chi connectivity index (χ1n) is 15.2. The number of hydrogen-bond donors (Lipinski definition) is 4. The van der Waals surface area contributed by atoms with Gasteiger partial charge in [0.25, 0.3) is 0 Å². The highest BCUT2D eigenvalue weighted by Crippen LogP contribution is 2.30. The van der Waals surface area contributed by atoms with E-state index in [1.165, 1.54) is 4.90 Å². The smallest absolute Gasteiger partial charge is 0.323 e. The number of aliphatic hydroxyl groups excluding tert-OH is 1. The molecule has 12 heteroatoms. The van der Waals surface area contributed by atoms with Gasteiger partial charge in [-0.1, -0.05) is 48.5 Å². The van der Waals surface area contributed by atoms with Crippen LogP contribution in [0.5, 0.6) is 5.75 Å². The van der Waals surface area contributed by atoms with Gasteiger partial charge in [0.15, 0.2) is 5.76 Å². The SMILES string of the molecule is Cc1noc(C)c1NC(=O)N(C)C[C@@H]1Oc2ccc(NC(=O)Nc3cccc4ccccc34)cc2CC(=O)N([C@H](C)CO)C[C@H]1C. The molecule has 0 saturated heterocycles.